The number of nitrogens with one attached hydrogen (secondary N) is 1. The highest BCUT2D eigenvalue weighted by Crippen LogP contribution is 2.37. The lowest BCUT2D eigenvalue weighted by Gasteiger charge is -2.49. The number of carbonyl (C=O) groups is 4. The zero-order valence-electron chi connectivity index (χ0n) is 16.9. The summed E-state index contributed by atoms with van der Waals surface area (Å²) in [5.41, 5.74) is 5.96. The molecule has 1 saturated heterocycles. The van der Waals surface area contributed by atoms with Crippen LogP contribution in [0.3, 0.4) is 0 Å². The number of carbonyl (C=O) groups excluding carboxylic acids is 3. The van der Waals surface area contributed by atoms with E-state index in [1.54, 1.807) is 30.5 Å². The first-order valence-electron chi connectivity index (χ1n) is 9.31. The predicted octanol–water partition coefficient (Wildman–Crippen LogP) is 1.29. The van der Waals surface area contributed by atoms with Crippen molar-refractivity contribution < 1.29 is 24.3 Å². The van der Waals surface area contributed by atoms with Crippen LogP contribution in [0.1, 0.15) is 22.8 Å². The average molecular weight is 447 g/mol. The van der Waals surface area contributed by atoms with Gasteiger partial charge in [0.2, 0.25) is 11.8 Å². The van der Waals surface area contributed by atoms with Gasteiger partial charge in [-0.3, -0.25) is 19.2 Å². The number of nitrogens with two attached hydrogens (primary N) is 1. The quantitative estimate of drug-likeness (QED) is 0.429. The number of hydrogen-bond donors (Lipinski definition) is 3. The van der Waals surface area contributed by atoms with Gasteiger partial charge < -0.3 is 21.1 Å². The first kappa shape index (κ1) is 23.8. The van der Waals surface area contributed by atoms with E-state index < -0.39 is 11.3 Å². The first-order chi connectivity index (χ1) is 14.7. The number of halogens is 1. The number of hydrogen-bond acceptors (Lipinski definition) is 6. The molecule has 9 nitrogen and oxygen atoms in total. The molecule has 3 rings (SSSR count). The van der Waals surface area contributed by atoms with Gasteiger partial charge >= 0.3 is 0 Å². The van der Waals surface area contributed by atoms with E-state index in [9.17, 15) is 14.4 Å². The third-order valence-corrected chi connectivity index (χ3v) is 5.08. The van der Waals surface area contributed by atoms with E-state index in [2.05, 4.69) is 10.3 Å². The van der Waals surface area contributed by atoms with Crippen LogP contribution in [0, 0.1) is 5.41 Å². The molecule has 2 amide bonds. The van der Waals surface area contributed by atoms with Crippen LogP contribution in [0.2, 0.25) is 5.02 Å². The Morgan fingerprint density at radius 2 is 1.87 bits per heavy atom. The van der Waals surface area contributed by atoms with E-state index in [4.69, 9.17) is 27.2 Å². The van der Waals surface area contributed by atoms with E-state index in [1.165, 1.54) is 6.92 Å². The van der Waals surface area contributed by atoms with Crippen molar-refractivity contribution in [2.45, 2.75) is 13.3 Å². The molecule has 10 heteroatoms. The molecular formula is C21H23ClN4O5. The molecule has 2 heterocycles. The van der Waals surface area contributed by atoms with Gasteiger partial charge in [-0.1, -0.05) is 23.7 Å². The fourth-order valence-electron chi connectivity index (χ4n) is 3.34. The number of ketones is 1. The summed E-state index contributed by atoms with van der Waals surface area (Å²) >= 11 is 5.95. The number of rotatable bonds is 7. The normalized spacial score (nSPS) is 13.8. The number of benzene rings is 1. The molecule has 1 aliphatic heterocycles. The second kappa shape index (κ2) is 10.5. The van der Waals surface area contributed by atoms with Gasteiger partial charge in [-0.25, -0.2) is 4.98 Å². The topological polar surface area (TPSA) is 143 Å². The fourth-order valence-corrected chi connectivity index (χ4v) is 3.47. The summed E-state index contributed by atoms with van der Waals surface area (Å²) in [4.78, 5) is 50.1. The number of nitrogens with zero attached hydrogens (tertiary/aromatic N) is 2. The second-order valence-electron chi connectivity index (χ2n) is 7.15. The van der Waals surface area contributed by atoms with Gasteiger partial charge in [0.1, 0.15) is 5.82 Å². The maximum absolute atomic E-state index is 12.8. The molecule has 1 aromatic carbocycles. The van der Waals surface area contributed by atoms with E-state index in [0.717, 1.165) is 5.56 Å². The van der Waals surface area contributed by atoms with Gasteiger partial charge in [0.05, 0.1) is 12.0 Å². The van der Waals surface area contributed by atoms with Gasteiger partial charge in [0.15, 0.2) is 5.78 Å². The minimum Gasteiger partial charge on any atom is -0.483 e. The van der Waals surface area contributed by atoms with Crippen LogP contribution in [-0.4, -0.2) is 53.8 Å². The lowest BCUT2D eigenvalue weighted by molar-refractivity contribution is -0.134. The number of carboxylic acid groups (broad SMARTS) is 1. The number of Topliss-reactive ketones (excluding diaryl/α,β-unsaturated/α-hetero) is 1. The van der Waals surface area contributed by atoms with Crippen LogP contribution in [0.25, 0.3) is 0 Å². The maximum atomic E-state index is 12.8. The molecule has 1 aromatic heterocycles. The van der Waals surface area contributed by atoms with Crippen molar-refractivity contribution in [2.75, 3.05) is 24.5 Å². The SMILES string of the molecule is CC(=O)c1ccnc(N2CC(Cc3ccc(Cl)cc3)(C(=O)NCC(N)=O)C2)c1.O=CO. The second-order valence-corrected chi connectivity index (χ2v) is 7.59. The van der Waals surface area contributed by atoms with Crippen LogP contribution in [0.15, 0.2) is 42.6 Å². The highest BCUT2D eigenvalue weighted by molar-refractivity contribution is 6.30. The molecule has 0 spiro atoms. The summed E-state index contributed by atoms with van der Waals surface area (Å²) in [7, 11) is 0. The Morgan fingerprint density at radius 3 is 2.42 bits per heavy atom. The molecule has 31 heavy (non-hydrogen) atoms. The van der Waals surface area contributed by atoms with E-state index in [1.807, 2.05) is 17.0 Å². The Labute approximate surface area is 184 Å². The summed E-state index contributed by atoms with van der Waals surface area (Å²) in [5, 5.41) is 10.1. The summed E-state index contributed by atoms with van der Waals surface area (Å²) in [6, 6.07) is 10.7. The van der Waals surface area contributed by atoms with E-state index in [0.29, 0.717) is 35.9 Å². The molecule has 0 radical (unpaired) electrons. The third kappa shape index (κ3) is 6.26. The number of anilines is 1. The molecule has 2 aromatic rings. The Bertz CT molecular complexity index is 958. The summed E-state index contributed by atoms with van der Waals surface area (Å²) < 4.78 is 0. The summed E-state index contributed by atoms with van der Waals surface area (Å²) in [6.07, 6.45) is 2.07. The number of aromatic nitrogens is 1. The highest BCUT2D eigenvalue weighted by Gasteiger charge is 2.49. The third-order valence-electron chi connectivity index (χ3n) is 4.82. The average Bonchev–Trinajstić information content (AvgIpc) is 2.70. The van der Waals surface area contributed by atoms with Gasteiger partial charge in [-0.05, 0) is 43.2 Å². The smallest absolute Gasteiger partial charge is 0.290 e. The molecule has 0 saturated carbocycles. The Hall–Kier alpha value is -3.46. The van der Waals surface area contributed by atoms with Crippen LogP contribution in [0.4, 0.5) is 5.82 Å². The molecule has 164 valence electrons. The summed E-state index contributed by atoms with van der Waals surface area (Å²) in [6.45, 7) is 1.86. The van der Waals surface area contributed by atoms with Crippen molar-refractivity contribution >= 4 is 41.5 Å². The summed E-state index contributed by atoms with van der Waals surface area (Å²) in [5.74, 6) is -0.236. The molecule has 4 N–H and O–H groups in total. The molecule has 0 aliphatic carbocycles. The van der Waals surface area contributed by atoms with Gasteiger partial charge in [0.25, 0.3) is 6.47 Å². The van der Waals surface area contributed by atoms with Crippen molar-refractivity contribution in [3.63, 3.8) is 0 Å². The van der Waals surface area contributed by atoms with Gasteiger partial charge in [-0.15, -0.1) is 0 Å². The van der Waals surface area contributed by atoms with E-state index in [-0.39, 0.29) is 24.7 Å². The van der Waals surface area contributed by atoms with Crippen LogP contribution < -0.4 is 16.0 Å². The molecule has 1 fully saturated rings. The number of pyridine rings is 1. The van der Waals surface area contributed by atoms with Crippen molar-refractivity contribution in [1.29, 1.82) is 0 Å². The fraction of sp³-hybridized carbons (Fsp3) is 0.286. The van der Waals surface area contributed by atoms with Crippen molar-refractivity contribution in [1.82, 2.24) is 10.3 Å². The zero-order valence-corrected chi connectivity index (χ0v) is 17.6. The van der Waals surface area contributed by atoms with Gasteiger partial charge in [-0.2, -0.15) is 0 Å². The standard InChI is InChI=1S/C20H21ClN4O3.CH2O2/c1-13(26)15-6-7-23-18(8-15)25-11-20(12-25,19(28)24-10-17(22)27)9-14-2-4-16(21)5-3-14;2-1-3/h2-8H,9-12H2,1H3,(H2,22,27)(H,24,28);1H,(H,2,3). The molecule has 1 aliphatic rings. The lowest BCUT2D eigenvalue weighted by atomic mass is 9.73. The number of amides is 2. The molecule has 0 unspecified atom stereocenters. The molecule has 0 bridgehead atoms. The zero-order chi connectivity index (χ0) is 23.0. The lowest BCUT2D eigenvalue weighted by Crippen LogP contribution is -2.65. The van der Waals surface area contributed by atoms with Gasteiger partial charge in [0, 0.05) is 29.9 Å². The van der Waals surface area contributed by atoms with Crippen LogP contribution in [-0.2, 0) is 20.8 Å². The van der Waals surface area contributed by atoms with Crippen molar-refractivity contribution in [2.24, 2.45) is 11.1 Å². The van der Waals surface area contributed by atoms with Crippen molar-refractivity contribution in [3.05, 3.63) is 58.7 Å². The van der Waals surface area contributed by atoms with Crippen LogP contribution >= 0.6 is 11.6 Å². The Morgan fingerprint density at radius 1 is 1.26 bits per heavy atom. The van der Waals surface area contributed by atoms with Crippen LogP contribution in [0.5, 0.6) is 0 Å². The first-order valence-corrected chi connectivity index (χ1v) is 9.69. The minimum atomic E-state index is -0.725. The Kier molecular flexibility index (Phi) is 8.09. The maximum Gasteiger partial charge on any atom is 0.290 e. The molecular weight excluding hydrogens is 424 g/mol. The largest absolute Gasteiger partial charge is 0.483 e. The van der Waals surface area contributed by atoms with Crippen molar-refractivity contribution in [3.8, 4) is 0 Å². The minimum absolute atomic E-state index is 0.0456. The Balaban J connectivity index is 0.00000107. The van der Waals surface area contributed by atoms with E-state index >= 15 is 0 Å². The monoisotopic (exact) mass is 446 g/mol. The highest BCUT2D eigenvalue weighted by atomic mass is 35.5. The predicted molar refractivity (Wildman–Crippen MR) is 115 cm³/mol. The molecule has 0 atom stereocenters. The number of primary amides is 1.